The quantitative estimate of drug-likeness (QED) is 0.545. The number of nitrogens with one attached hydrogen (secondary N) is 1. The van der Waals surface area contributed by atoms with E-state index in [0.29, 0.717) is 13.0 Å². The van der Waals surface area contributed by atoms with E-state index in [2.05, 4.69) is 15.2 Å². The summed E-state index contributed by atoms with van der Waals surface area (Å²) in [4.78, 5) is 14.6. The minimum absolute atomic E-state index is 0.0972. The van der Waals surface area contributed by atoms with Crippen LogP contribution < -0.4 is 5.73 Å². The van der Waals surface area contributed by atoms with Gasteiger partial charge in [-0.05, 0) is 6.54 Å². The van der Waals surface area contributed by atoms with Gasteiger partial charge in [-0.15, -0.1) is 0 Å². The van der Waals surface area contributed by atoms with Crippen molar-refractivity contribution in [2.45, 2.75) is 6.42 Å². The molecule has 0 aliphatic rings. The fourth-order valence-corrected chi connectivity index (χ4v) is 0.589. The minimum Gasteiger partial charge on any atom is -0.330 e. The van der Waals surface area contributed by atoms with Gasteiger partial charge in [-0.25, -0.2) is 4.98 Å². The topological polar surface area (TPSA) is 84.7 Å². The van der Waals surface area contributed by atoms with Crippen LogP contribution >= 0.6 is 0 Å². The number of aromatic nitrogens is 3. The maximum absolute atomic E-state index is 10.9. The molecule has 5 heteroatoms. The lowest BCUT2D eigenvalue weighted by Gasteiger charge is -1.89. The highest BCUT2D eigenvalue weighted by Gasteiger charge is 2.05. The smallest absolute Gasteiger partial charge is 0.200 e. The number of carbonyl (C=O) groups is 1. The summed E-state index contributed by atoms with van der Waals surface area (Å²) in [5.41, 5.74) is 5.15. The molecule has 1 aromatic heterocycles. The molecule has 0 spiro atoms. The van der Waals surface area contributed by atoms with E-state index in [9.17, 15) is 4.79 Å². The van der Waals surface area contributed by atoms with Crippen molar-refractivity contribution in [2.75, 3.05) is 6.54 Å². The SMILES string of the molecule is NCCC(=O)c1ncn[nH]1. The molecule has 0 saturated heterocycles. The second kappa shape index (κ2) is 3.07. The molecule has 3 N–H and O–H groups in total. The van der Waals surface area contributed by atoms with Crippen molar-refractivity contribution in [3.63, 3.8) is 0 Å². The van der Waals surface area contributed by atoms with Crippen LogP contribution in [0.3, 0.4) is 0 Å². The first-order chi connectivity index (χ1) is 4.84. The number of carbonyl (C=O) groups excluding carboxylic acids is 1. The summed E-state index contributed by atoms with van der Waals surface area (Å²) >= 11 is 0. The van der Waals surface area contributed by atoms with Gasteiger partial charge in [-0.1, -0.05) is 0 Å². The minimum atomic E-state index is -0.0972. The Bertz CT molecular complexity index is 205. The Hall–Kier alpha value is -1.23. The monoisotopic (exact) mass is 140 g/mol. The molecule has 0 aromatic carbocycles. The molecule has 1 heterocycles. The predicted octanol–water partition coefficient (Wildman–Crippen LogP) is -0.664. The third-order valence-electron chi connectivity index (χ3n) is 1.05. The number of hydrogen-bond donors (Lipinski definition) is 2. The van der Waals surface area contributed by atoms with E-state index in [1.54, 1.807) is 0 Å². The van der Waals surface area contributed by atoms with Gasteiger partial charge in [0.05, 0.1) is 0 Å². The van der Waals surface area contributed by atoms with Crippen LogP contribution in [0, 0.1) is 0 Å². The van der Waals surface area contributed by atoms with Gasteiger partial charge in [0.25, 0.3) is 0 Å². The van der Waals surface area contributed by atoms with Gasteiger partial charge >= 0.3 is 0 Å². The summed E-state index contributed by atoms with van der Waals surface area (Å²) in [7, 11) is 0. The fourth-order valence-electron chi connectivity index (χ4n) is 0.589. The molecule has 10 heavy (non-hydrogen) atoms. The summed E-state index contributed by atoms with van der Waals surface area (Å²) in [6, 6.07) is 0. The molecule has 1 rings (SSSR count). The number of Topliss-reactive ketones (excluding diaryl/α,β-unsaturated/α-hetero) is 1. The normalized spacial score (nSPS) is 9.70. The van der Waals surface area contributed by atoms with Crippen LogP contribution in [0.15, 0.2) is 6.33 Å². The van der Waals surface area contributed by atoms with Gasteiger partial charge in [-0.3, -0.25) is 9.89 Å². The van der Waals surface area contributed by atoms with Crippen LogP contribution in [0.1, 0.15) is 17.0 Å². The molecule has 0 atom stereocenters. The largest absolute Gasteiger partial charge is 0.330 e. The van der Waals surface area contributed by atoms with Gasteiger partial charge in [-0.2, -0.15) is 5.10 Å². The second-order valence-electron chi connectivity index (χ2n) is 1.80. The molecule has 0 bridgehead atoms. The highest BCUT2D eigenvalue weighted by molar-refractivity contribution is 5.92. The molecule has 54 valence electrons. The maximum atomic E-state index is 10.9. The number of ketones is 1. The molecule has 0 amide bonds. The number of H-pyrrole nitrogens is 1. The lowest BCUT2D eigenvalue weighted by molar-refractivity contribution is 0.0976. The zero-order valence-corrected chi connectivity index (χ0v) is 5.37. The van der Waals surface area contributed by atoms with Crippen LogP contribution in [0.25, 0.3) is 0 Å². The molecule has 1 aromatic rings. The molecule has 0 fully saturated rings. The van der Waals surface area contributed by atoms with E-state index in [0.717, 1.165) is 0 Å². The van der Waals surface area contributed by atoms with Crippen LogP contribution in [0.4, 0.5) is 0 Å². The molecule has 0 aliphatic carbocycles. The number of aromatic amines is 1. The van der Waals surface area contributed by atoms with Crippen LogP contribution in [-0.2, 0) is 0 Å². The highest BCUT2D eigenvalue weighted by Crippen LogP contribution is 1.90. The fraction of sp³-hybridized carbons (Fsp3) is 0.400. The zero-order valence-electron chi connectivity index (χ0n) is 5.37. The molecule has 0 saturated carbocycles. The van der Waals surface area contributed by atoms with Crippen molar-refractivity contribution in [1.29, 1.82) is 0 Å². The van der Waals surface area contributed by atoms with Crippen molar-refractivity contribution >= 4 is 5.78 Å². The van der Waals surface area contributed by atoms with Gasteiger partial charge in [0, 0.05) is 6.42 Å². The average molecular weight is 140 g/mol. The first-order valence-corrected chi connectivity index (χ1v) is 2.93. The summed E-state index contributed by atoms with van der Waals surface area (Å²) in [5, 5.41) is 5.98. The number of hydrogen-bond acceptors (Lipinski definition) is 4. The first kappa shape index (κ1) is 6.88. The second-order valence-corrected chi connectivity index (χ2v) is 1.80. The standard InChI is InChI=1S/C5H8N4O/c6-2-1-4(10)5-7-3-8-9-5/h3H,1-2,6H2,(H,7,8,9). The summed E-state index contributed by atoms with van der Waals surface area (Å²) in [6.45, 7) is 0.347. The molecular formula is C5H8N4O. The van der Waals surface area contributed by atoms with Crippen molar-refractivity contribution in [3.8, 4) is 0 Å². The van der Waals surface area contributed by atoms with Crippen molar-refractivity contribution in [2.24, 2.45) is 5.73 Å². The van der Waals surface area contributed by atoms with Gasteiger partial charge < -0.3 is 5.73 Å². The Balaban J connectivity index is 2.59. The van der Waals surface area contributed by atoms with Gasteiger partial charge in [0.1, 0.15) is 6.33 Å². The lowest BCUT2D eigenvalue weighted by atomic mass is 10.3. The number of nitrogens with zero attached hydrogens (tertiary/aromatic N) is 2. The van der Waals surface area contributed by atoms with E-state index in [1.807, 2.05) is 0 Å². The average Bonchev–Trinajstić information content (AvgIpc) is 2.38. The van der Waals surface area contributed by atoms with Crippen molar-refractivity contribution in [1.82, 2.24) is 15.2 Å². The summed E-state index contributed by atoms with van der Waals surface area (Å²) in [5.74, 6) is 0.186. The van der Waals surface area contributed by atoms with Crippen LogP contribution in [0.2, 0.25) is 0 Å². The molecule has 0 unspecified atom stereocenters. The molecule has 0 radical (unpaired) electrons. The summed E-state index contributed by atoms with van der Waals surface area (Å²) in [6.07, 6.45) is 1.61. The lowest BCUT2D eigenvalue weighted by Crippen LogP contribution is -2.09. The Morgan fingerprint density at radius 1 is 1.80 bits per heavy atom. The van der Waals surface area contributed by atoms with E-state index in [4.69, 9.17) is 5.73 Å². The maximum Gasteiger partial charge on any atom is 0.200 e. The predicted molar refractivity (Wildman–Crippen MR) is 34.4 cm³/mol. The van der Waals surface area contributed by atoms with Crippen molar-refractivity contribution < 1.29 is 4.79 Å². The van der Waals surface area contributed by atoms with Crippen molar-refractivity contribution in [3.05, 3.63) is 12.2 Å². The third kappa shape index (κ3) is 1.38. The zero-order chi connectivity index (χ0) is 7.40. The Labute approximate surface area is 57.6 Å². The molecular weight excluding hydrogens is 132 g/mol. The Kier molecular flexibility index (Phi) is 2.11. The van der Waals surface area contributed by atoms with Crippen LogP contribution in [0.5, 0.6) is 0 Å². The molecule has 0 aliphatic heterocycles. The van der Waals surface area contributed by atoms with E-state index < -0.39 is 0 Å². The highest BCUT2D eigenvalue weighted by atomic mass is 16.1. The number of rotatable bonds is 3. The first-order valence-electron chi connectivity index (χ1n) is 2.93. The van der Waals surface area contributed by atoms with E-state index in [1.165, 1.54) is 6.33 Å². The molecule has 5 nitrogen and oxygen atoms in total. The third-order valence-corrected chi connectivity index (χ3v) is 1.05. The van der Waals surface area contributed by atoms with E-state index >= 15 is 0 Å². The number of nitrogens with two attached hydrogens (primary N) is 1. The Morgan fingerprint density at radius 3 is 3.10 bits per heavy atom. The van der Waals surface area contributed by atoms with E-state index in [-0.39, 0.29) is 11.6 Å². The van der Waals surface area contributed by atoms with Gasteiger partial charge in [0.15, 0.2) is 5.82 Å². The summed E-state index contributed by atoms with van der Waals surface area (Å²) < 4.78 is 0. The Morgan fingerprint density at radius 2 is 2.60 bits per heavy atom. The van der Waals surface area contributed by atoms with Gasteiger partial charge in [0.2, 0.25) is 5.78 Å². The van der Waals surface area contributed by atoms with Crippen LogP contribution in [-0.4, -0.2) is 27.5 Å².